The van der Waals surface area contributed by atoms with E-state index in [-0.39, 0.29) is 6.04 Å². The van der Waals surface area contributed by atoms with Gasteiger partial charge >= 0.3 is 0 Å². The van der Waals surface area contributed by atoms with Gasteiger partial charge in [-0.05, 0) is 46.8 Å². The number of aryl methyl sites for hydroxylation is 1. The number of thiophene rings is 1. The maximum Gasteiger partial charge on any atom is 0.0868 e. The molecule has 20 heavy (non-hydrogen) atoms. The Kier molecular flexibility index (Phi) is 6.08. The number of hydrogen-bond acceptors (Lipinski definition) is 3. The molecule has 2 aromatic heterocycles. The predicted molar refractivity (Wildman–Crippen MR) is 89.7 cm³/mol. The lowest BCUT2D eigenvalue weighted by Crippen LogP contribution is -2.25. The number of aromatic nitrogens is 2. The maximum atomic E-state index is 6.39. The molecule has 6 heteroatoms. The van der Waals surface area contributed by atoms with Gasteiger partial charge in [-0.15, -0.1) is 11.3 Å². The van der Waals surface area contributed by atoms with E-state index in [9.17, 15) is 0 Å². The first kappa shape index (κ1) is 16.0. The third-order valence-corrected chi connectivity index (χ3v) is 5.27. The van der Waals surface area contributed by atoms with Gasteiger partial charge in [0.2, 0.25) is 0 Å². The van der Waals surface area contributed by atoms with Crippen LogP contribution in [0, 0.1) is 0 Å². The second-order valence-corrected chi connectivity index (χ2v) is 6.83. The van der Waals surface area contributed by atoms with Crippen LogP contribution in [0.5, 0.6) is 0 Å². The Labute approximate surface area is 137 Å². The van der Waals surface area contributed by atoms with Crippen molar-refractivity contribution in [3.05, 3.63) is 37.7 Å². The van der Waals surface area contributed by atoms with Crippen LogP contribution in [0.2, 0.25) is 5.02 Å². The first-order valence-electron chi connectivity index (χ1n) is 6.86. The van der Waals surface area contributed by atoms with Crippen LogP contribution < -0.4 is 5.32 Å². The molecule has 0 aliphatic carbocycles. The maximum absolute atomic E-state index is 6.39. The van der Waals surface area contributed by atoms with E-state index in [1.807, 2.05) is 4.68 Å². The van der Waals surface area contributed by atoms with Gasteiger partial charge in [0, 0.05) is 15.9 Å². The lowest BCUT2D eigenvalue weighted by Gasteiger charge is -2.20. The summed E-state index contributed by atoms with van der Waals surface area (Å²) in [7, 11) is 0. The van der Waals surface area contributed by atoms with Crippen LogP contribution in [-0.4, -0.2) is 16.3 Å². The molecule has 2 heterocycles. The Hall–Kier alpha value is -0.360. The Balaban J connectivity index is 2.41. The molecule has 0 bridgehead atoms. The fraction of sp³-hybridized carbons (Fsp3) is 0.500. The van der Waals surface area contributed by atoms with Crippen LogP contribution in [0.25, 0.3) is 0 Å². The molecule has 110 valence electrons. The van der Waals surface area contributed by atoms with E-state index in [4.69, 9.17) is 11.6 Å². The topological polar surface area (TPSA) is 29.9 Å². The summed E-state index contributed by atoms with van der Waals surface area (Å²) >= 11 is 11.8. The third kappa shape index (κ3) is 3.45. The molecule has 0 radical (unpaired) electrons. The van der Waals surface area contributed by atoms with Crippen molar-refractivity contribution in [3.8, 4) is 0 Å². The molecule has 0 spiro atoms. The molecule has 1 atom stereocenters. The number of halogens is 2. The largest absolute Gasteiger partial charge is 0.304 e. The molecule has 0 fully saturated rings. The number of nitrogens with zero attached hydrogens (tertiary/aromatic N) is 2. The lowest BCUT2D eigenvalue weighted by molar-refractivity contribution is 0.515. The molecule has 2 aromatic rings. The van der Waals surface area contributed by atoms with E-state index in [1.54, 1.807) is 17.5 Å². The van der Waals surface area contributed by atoms with Gasteiger partial charge in [0.1, 0.15) is 0 Å². The van der Waals surface area contributed by atoms with Gasteiger partial charge in [-0.1, -0.05) is 25.4 Å². The van der Waals surface area contributed by atoms with Gasteiger partial charge in [0.15, 0.2) is 0 Å². The predicted octanol–water partition coefficient (Wildman–Crippen LogP) is 4.86. The second-order valence-electron chi connectivity index (χ2n) is 4.62. The molecule has 1 N–H and O–H groups in total. The highest BCUT2D eigenvalue weighted by molar-refractivity contribution is 9.10. The van der Waals surface area contributed by atoms with Gasteiger partial charge in [-0.2, -0.15) is 5.10 Å². The average molecular weight is 377 g/mol. The summed E-state index contributed by atoms with van der Waals surface area (Å²) in [5, 5.41) is 10.8. The molecular formula is C14H19BrClN3S. The van der Waals surface area contributed by atoms with Crippen molar-refractivity contribution < 1.29 is 0 Å². The quantitative estimate of drug-likeness (QED) is 0.748. The van der Waals surface area contributed by atoms with Gasteiger partial charge in [0.25, 0.3) is 0 Å². The van der Waals surface area contributed by atoms with Crippen molar-refractivity contribution in [2.24, 2.45) is 0 Å². The van der Waals surface area contributed by atoms with Gasteiger partial charge in [0.05, 0.1) is 23.0 Å². The van der Waals surface area contributed by atoms with Crippen LogP contribution in [0.4, 0.5) is 0 Å². The number of hydrogen-bond donors (Lipinski definition) is 1. The number of nitrogens with one attached hydrogen (secondary N) is 1. The van der Waals surface area contributed by atoms with Crippen molar-refractivity contribution >= 4 is 38.9 Å². The normalized spacial score (nSPS) is 12.8. The molecule has 0 saturated carbocycles. The van der Waals surface area contributed by atoms with Gasteiger partial charge in [-0.3, -0.25) is 4.68 Å². The van der Waals surface area contributed by atoms with Crippen LogP contribution in [-0.2, 0) is 6.54 Å². The SMILES string of the molecule is CCCNC(c1sccc1Br)c1c(Cl)cnn1CCC. The van der Waals surface area contributed by atoms with E-state index in [2.05, 4.69) is 51.6 Å². The zero-order valence-corrected chi connectivity index (χ0v) is 14.9. The molecular weight excluding hydrogens is 358 g/mol. The van der Waals surface area contributed by atoms with Crippen molar-refractivity contribution in [2.75, 3.05) is 6.54 Å². The van der Waals surface area contributed by atoms with E-state index in [0.717, 1.165) is 41.1 Å². The smallest absolute Gasteiger partial charge is 0.0868 e. The molecule has 1 unspecified atom stereocenters. The minimum absolute atomic E-state index is 0.0888. The average Bonchev–Trinajstić information content (AvgIpc) is 3.00. The third-order valence-electron chi connectivity index (χ3n) is 3.05. The van der Waals surface area contributed by atoms with Gasteiger partial charge in [-0.25, -0.2) is 0 Å². The zero-order valence-electron chi connectivity index (χ0n) is 11.7. The summed E-state index contributed by atoms with van der Waals surface area (Å²) in [5.41, 5.74) is 1.06. The molecule has 0 aliphatic heterocycles. The first-order valence-corrected chi connectivity index (χ1v) is 8.91. The summed E-state index contributed by atoms with van der Waals surface area (Å²) in [6, 6.07) is 2.17. The monoisotopic (exact) mass is 375 g/mol. The molecule has 0 amide bonds. The molecule has 0 saturated heterocycles. The Morgan fingerprint density at radius 3 is 2.85 bits per heavy atom. The minimum Gasteiger partial charge on any atom is -0.304 e. The van der Waals surface area contributed by atoms with E-state index in [0.29, 0.717) is 0 Å². The highest BCUT2D eigenvalue weighted by atomic mass is 79.9. The second kappa shape index (κ2) is 7.59. The Morgan fingerprint density at radius 2 is 2.25 bits per heavy atom. The van der Waals surface area contributed by atoms with Crippen molar-refractivity contribution in [1.29, 1.82) is 0 Å². The van der Waals surface area contributed by atoms with Crippen molar-refractivity contribution in [2.45, 2.75) is 39.3 Å². The zero-order chi connectivity index (χ0) is 14.5. The molecule has 2 rings (SSSR count). The summed E-state index contributed by atoms with van der Waals surface area (Å²) in [4.78, 5) is 1.25. The molecule has 0 aromatic carbocycles. The van der Waals surface area contributed by atoms with Crippen LogP contribution in [0.3, 0.4) is 0 Å². The van der Waals surface area contributed by atoms with Crippen LogP contribution in [0.15, 0.2) is 22.1 Å². The van der Waals surface area contributed by atoms with Crippen LogP contribution in [0.1, 0.15) is 43.3 Å². The van der Waals surface area contributed by atoms with Crippen molar-refractivity contribution in [3.63, 3.8) is 0 Å². The van der Waals surface area contributed by atoms with Crippen molar-refractivity contribution in [1.82, 2.24) is 15.1 Å². The lowest BCUT2D eigenvalue weighted by atomic mass is 10.1. The fourth-order valence-corrected chi connectivity index (χ4v) is 4.09. The summed E-state index contributed by atoms with van der Waals surface area (Å²) in [6.07, 6.45) is 3.87. The minimum atomic E-state index is 0.0888. The van der Waals surface area contributed by atoms with E-state index < -0.39 is 0 Å². The fourth-order valence-electron chi connectivity index (χ4n) is 2.16. The molecule has 0 aliphatic rings. The van der Waals surface area contributed by atoms with Gasteiger partial charge < -0.3 is 5.32 Å². The standard InChI is InChI=1S/C14H19BrClN3S/c1-3-6-17-12(14-10(15)5-8-20-14)13-11(16)9-18-19(13)7-4-2/h5,8-9,12,17H,3-4,6-7H2,1-2H3. The highest BCUT2D eigenvalue weighted by Gasteiger charge is 2.24. The summed E-state index contributed by atoms with van der Waals surface area (Å²) < 4.78 is 3.14. The highest BCUT2D eigenvalue weighted by Crippen LogP contribution is 2.36. The van der Waals surface area contributed by atoms with E-state index >= 15 is 0 Å². The van der Waals surface area contributed by atoms with Crippen LogP contribution >= 0.6 is 38.9 Å². The number of rotatable bonds is 7. The van der Waals surface area contributed by atoms with E-state index in [1.165, 1.54) is 4.88 Å². The Bertz CT molecular complexity index is 552. The summed E-state index contributed by atoms with van der Waals surface area (Å²) in [6.45, 7) is 6.14. The summed E-state index contributed by atoms with van der Waals surface area (Å²) in [5.74, 6) is 0. The first-order chi connectivity index (χ1) is 9.69. The Morgan fingerprint density at radius 1 is 1.45 bits per heavy atom. The molecule has 3 nitrogen and oxygen atoms in total.